The van der Waals surface area contributed by atoms with Crippen LogP contribution in [0.4, 0.5) is 4.79 Å². The number of benzene rings is 1. The summed E-state index contributed by atoms with van der Waals surface area (Å²) in [5.41, 5.74) is 6.55. The zero-order chi connectivity index (χ0) is 17.6. The molecule has 0 heterocycles. The predicted molar refractivity (Wildman–Crippen MR) is 96.8 cm³/mol. The third-order valence-electron chi connectivity index (χ3n) is 4.23. The lowest BCUT2D eigenvalue weighted by Crippen LogP contribution is -2.37. The number of rotatable bonds is 6. The van der Waals surface area contributed by atoms with E-state index < -0.39 is 5.60 Å². The van der Waals surface area contributed by atoms with E-state index in [2.05, 4.69) is 10.6 Å². The summed E-state index contributed by atoms with van der Waals surface area (Å²) in [6, 6.07) is 10.8. The molecule has 1 fully saturated rings. The van der Waals surface area contributed by atoms with Crippen LogP contribution in [0.2, 0.25) is 0 Å². The van der Waals surface area contributed by atoms with Crippen LogP contribution in [0.5, 0.6) is 0 Å². The van der Waals surface area contributed by atoms with Gasteiger partial charge in [-0.15, -0.1) is 0 Å². The maximum absolute atomic E-state index is 12.1. The van der Waals surface area contributed by atoms with Crippen LogP contribution in [0.15, 0.2) is 30.3 Å². The fourth-order valence-corrected chi connectivity index (χ4v) is 3.09. The first-order chi connectivity index (χ1) is 11.3. The molecule has 1 aromatic carbocycles. The number of hydrogen-bond donors (Lipinski definition) is 3. The highest BCUT2D eigenvalue weighted by atomic mass is 16.6. The number of nitrogens with one attached hydrogen (secondary N) is 2. The molecule has 4 N–H and O–H groups in total. The van der Waals surface area contributed by atoms with E-state index in [-0.39, 0.29) is 12.1 Å². The number of alkyl carbamates (subject to hydrolysis) is 1. The lowest BCUT2D eigenvalue weighted by molar-refractivity contribution is 0.0501. The van der Waals surface area contributed by atoms with Crippen molar-refractivity contribution in [3.8, 4) is 0 Å². The van der Waals surface area contributed by atoms with Crippen molar-refractivity contribution in [2.75, 3.05) is 6.54 Å². The Hall–Kier alpha value is -1.59. The summed E-state index contributed by atoms with van der Waals surface area (Å²) >= 11 is 0. The quantitative estimate of drug-likeness (QED) is 0.747. The van der Waals surface area contributed by atoms with E-state index in [1.165, 1.54) is 0 Å². The van der Waals surface area contributed by atoms with E-state index in [1.807, 2.05) is 51.1 Å². The van der Waals surface area contributed by atoms with Crippen molar-refractivity contribution in [2.45, 2.75) is 70.2 Å². The third-order valence-corrected chi connectivity index (χ3v) is 4.23. The number of nitrogens with two attached hydrogens (primary N) is 1. The maximum atomic E-state index is 12.1. The summed E-state index contributed by atoms with van der Waals surface area (Å²) in [6.07, 6.45) is 3.70. The molecule has 0 spiro atoms. The Morgan fingerprint density at radius 3 is 2.58 bits per heavy atom. The molecule has 0 aromatic heterocycles. The topological polar surface area (TPSA) is 76.4 Å². The lowest BCUT2D eigenvalue weighted by Gasteiger charge is -2.24. The zero-order valence-corrected chi connectivity index (χ0v) is 15.0. The molecule has 3 unspecified atom stereocenters. The number of carbonyl (C=O) groups is 1. The van der Waals surface area contributed by atoms with Gasteiger partial charge in [-0.25, -0.2) is 4.79 Å². The molecule has 0 aliphatic heterocycles. The Labute approximate surface area is 145 Å². The molecule has 3 atom stereocenters. The number of carbonyl (C=O) groups excluding carboxylic acids is 1. The van der Waals surface area contributed by atoms with Gasteiger partial charge >= 0.3 is 6.09 Å². The molecule has 1 amide bonds. The van der Waals surface area contributed by atoms with E-state index in [0.29, 0.717) is 12.1 Å². The first-order valence-electron chi connectivity index (χ1n) is 8.87. The molecular weight excluding hydrogens is 302 g/mol. The van der Waals surface area contributed by atoms with Crippen LogP contribution in [-0.4, -0.2) is 30.3 Å². The van der Waals surface area contributed by atoms with Crippen LogP contribution >= 0.6 is 0 Å². The standard InChI is InChI=1S/C19H31N3O2/c1-19(2,3)24-18(23)22-17(14-7-5-4-6-8-14)11-12-21-16-10-9-15(20)13-16/h4-8,15-17,21H,9-13,20H2,1-3H3,(H,22,23). The Bertz CT molecular complexity index is 513. The van der Waals surface area contributed by atoms with Crippen molar-refractivity contribution < 1.29 is 9.53 Å². The second-order valence-corrected chi connectivity index (χ2v) is 7.62. The van der Waals surface area contributed by atoms with Crippen LogP contribution in [0.3, 0.4) is 0 Å². The number of hydrogen-bond acceptors (Lipinski definition) is 4. The number of ether oxygens (including phenoxy) is 1. The smallest absolute Gasteiger partial charge is 0.408 e. The molecule has 0 bridgehead atoms. The molecule has 0 radical (unpaired) electrons. The van der Waals surface area contributed by atoms with Crippen molar-refractivity contribution in [2.24, 2.45) is 5.73 Å². The number of amides is 1. The van der Waals surface area contributed by atoms with Crippen molar-refractivity contribution in [1.29, 1.82) is 0 Å². The van der Waals surface area contributed by atoms with E-state index in [0.717, 1.165) is 37.8 Å². The molecule has 1 saturated carbocycles. The molecule has 2 rings (SSSR count). The molecular formula is C19H31N3O2. The summed E-state index contributed by atoms with van der Waals surface area (Å²) in [6.45, 7) is 6.45. The van der Waals surface area contributed by atoms with Gasteiger partial charge in [-0.1, -0.05) is 30.3 Å². The maximum Gasteiger partial charge on any atom is 0.408 e. The molecule has 1 aliphatic rings. The Balaban J connectivity index is 1.89. The zero-order valence-electron chi connectivity index (χ0n) is 15.0. The summed E-state index contributed by atoms with van der Waals surface area (Å²) in [5.74, 6) is 0. The molecule has 5 nitrogen and oxygen atoms in total. The van der Waals surface area contributed by atoms with Gasteiger partial charge < -0.3 is 21.1 Å². The van der Waals surface area contributed by atoms with Gasteiger partial charge in [-0.3, -0.25) is 0 Å². The van der Waals surface area contributed by atoms with Crippen LogP contribution in [-0.2, 0) is 4.74 Å². The van der Waals surface area contributed by atoms with E-state index in [4.69, 9.17) is 10.5 Å². The van der Waals surface area contributed by atoms with Gasteiger partial charge in [0.2, 0.25) is 0 Å². The van der Waals surface area contributed by atoms with E-state index >= 15 is 0 Å². The second-order valence-electron chi connectivity index (χ2n) is 7.62. The first kappa shape index (κ1) is 18.7. The van der Waals surface area contributed by atoms with E-state index in [9.17, 15) is 4.79 Å². The van der Waals surface area contributed by atoms with Gasteiger partial charge in [0.15, 0.2) is 0 Å². The van der Waals surface area contributed by atoms with Gasteiger partial charge in [-0.2, -0.15) is 0 Å². The van der Waals surface area contributed by atoms with Crippen LogP contribution in [0.1, 0.15) is 58.1 Å². The minimum Gasteiger partial charge on any atom is -0.444 e. The highest BCUT2D eigenvalue weighted by molar-refractivity contribution is 5.68. The predicted octanol–water partition coefficient (Wildman–Crippen LogP) is 3.11. The Kier molecular flexibility index (Phi) is 6.63. The first-order valence-corrected chi connectivity index (χ1v) is 8.87. The van der Waals surface area contributed by atoms with Crippen molar-refractivity contribution >= 4 is 6.09 Å². The monoisotopic (exact) mass is 333 g/mol. The Morgan fingerprint density at radius 1 is 1.29 bits per heavy atom. The van der Waals surface area contributed by atoms with Gasteiger partial charge in [0.1, 0.15) is 5.60 Å². The van der Waals surface area contributed by atoms with Crippen LogP contribution in [0, 0.1) is 0 Å². The fraction of sp³-hybridized carbons (Fsp3) is 0.632. The second kappa shape index (κ2) is 8.49. The largest absolute Gasteiger partial charge is 0.444 e. The van der Waals surface area contributed by atoms with Crippen LogP contribution < -0.4 is 16.4 Å². The summed E-state index contributed by atoms with van der Waals surface area (Å²) in [7, 11) is 0. The minimum absolute atomic E-state index is 0.0661. The van der Waals surface area contributed by atoms with Crippen LogP contribution in [0.25, 0.3) is 0 Å². The third kappa shape index (κ3) is 6.49. The molecule has 24 heavy (non-hydrogen) atoms. The Morgan fingerprint density at radius 2 is 2.00 bits per heavy atom. The average molecular weight is 333 g/mol. The SMILES string of the molecule is CC(C)(C)OC(=O)NC(CCNC1CCC(N)C1)c1ccccc1. The molecule has 0 saturated heterocycles. The minimum atomic E-state index is -0.496. The van der Waals surface area contributed by atoms with Crippen molar-refractivity contribution in [1.82, 2.24) is 10.6 Å². The average Bonchev–Trinajstić information content (AvgIpc) is 2.91. The molecule has 5 heteroatoms. The normalized spacial score (nSPS) is 22.2. The van der Waals surface area contributed by atoms with Gasteiger partial charge in [0, 0.05) is 12.1 Å². The summed E-state index contributed by atoms with van der Waals surface area (Å²) in [5, 5.41) is 6.56. The van der Waals surface area contributed by atoms with Gasteiger partial charge in [0.25, 0.3) is 0 Å². The molecule has 1 aromatic rings. The van der Waals surface area contributed by atoms with Gasteiger partial charge in [-0.05, 0) is 58.6 Å². The van der Waals surface area contributed by atoms with Crippen molar-refractivity contribution in [3.63, 3.8) is 0 Å². The lowest BCUT2D eigenvalue weighted by atomic mass is 10.0. The summed E-state index contributed by atoms with van der Waals surface area (Å²) in [4.78, 5) is 12.1. The highest BCUT2D eigenvalue weighted by Gasteiger charge is 2.23. The van der Waals surface area contributed by atoms with Gasteiger partial charge in [0.05, 0.1) is 6.04 Å². The van der Waals surface area contributed by atoms with E-state index in [1.54, 1.807) is 0 Å². The molecule has 134 valence electrons. The summed E-state index contributed by atoms with van der Waals surface area (Å²) < 4.78 is 5.40. The molecule has 1 aliphatic carbocycles. The highest BCUT2D eigenvalue weighted by Crippen LogP contribution is 2.20. The fourth-order valence-electron chi connectivity index (χ4n) is 3.09. The van der Waals surface area contributed by atoms with Crippen molar-refractivity contribution in [3.05, 3.63) is 35.9 Å².